The highest BCUT2D eigenvalue weighted by molar-refractivity contribution is 5.55. The zero-order chi connectivity index (χ0) is 14.4. The predicted octanol–water partition coefficient (Wildman–Crippen LogP) is 1.86. The fraction of sp³-hybridized carbons (Fsp3) is 0.600. The highest BCUT2D eigenvalue weighted by Gasteiger charge is 2.19. The normalized spacial score (nSPS) is 13.0. The van der Waals surface area contributed by atoms with Gasteiger partial charge in [-0.1, -0.05) is 0 Å². The number of rotatable bonds is 8. The molecule has 2 rings (SSSR count). The molecule has 0 unspecified atom stereocenters. The lowest BCUT2D eigenvalue weighted by Gasteiger charge is -2.11. The van der Waals surface area contributed by atoms with Gasteiger partial charge in [-0.15, -0.1) is 0 Å². The Labute approximate surface area is 120 Å². The first-order valence-electron chi connectivity index (χ1n) is 7.02. The van der Waals surface area contributed by atoms with Gasteiger partial charge in [-0.05, 0) is 57.7 Å². The summed E-state index contributed by atoms with van der Waals surface area (Å²) in [6.07, 6.45) is 2.39. The highest BCUT2D eigenvalue weighted by atomic mass is 16.7. The third kappa shape index (κ3) is 4.02. The van der Waals surface area contributed by atoms with Crippen LogP contribution in [0.15, 0.2) is 12.1 Å². The van der Waals surface area contributed by atoms with E-state index >= 15 is 0 Å². The third-order valence-corrected chi connectivity index (χ3v) is 3.26. The topological polar surface area (TPSA) is 43.0 Å². The molecule has 1 aromatic carbocycles. The van der Waals surface area contributed by atoms with Gasteiger partial charge in [-0.3, -0.25) is 0 Å². The molecule has 0 aliphatic carbocycles. The monoisotopic (exact) mass is 280 g/mol. The molecular formula is C15H24N2O3. The van der Waals surface area contributed by atoms with Gasteiger partial charge in [0.1, 0.15) is 0 Å². The van der Waals surface area contributed by atoms with E-state index in [9.17, 15) is 0 Å². The second-order valence-corrected chi connectivity index (χ2v) is 5.22. The van der Waals surface area contributed by atoms with Crippen LogP contribution in [-0.2, 0) is 6.54 Å². The highest BCUT2D eigenvalue weighted by Crippen LogP contribution is 2.41. The van der Waals surface area contributed by atoms with E-state index in [1.54, 1.807) is 7.11 Å². The van der Waals surface area contributed by atoms with Crippen LogP contribution in [0.3, 0.4) is 0 Å². The van der Waals surface area contributed by atoms with Gasteiger partial charge < -0.3 is 24.4 Å². The molecule has 0 fully saturated rings. The van der Waals surface area contributed by atoms with Gasteiger partial charge in [0.2, 0.25) is 12.5 Å². The maximum Gasteiger partial charge on any atom is 0.231 e. The molecule has 0 amide bonds. The summed E-state index contributed by atoms with van der Waals surface area (Å²) < 4.78 is 16.1. The van der Waals surface area contributed by atoms with E-state index in [2.05, 4.69) is 24.3 Å². The number of unbranched alkanes of at least 4 members (excludes halogenated alkanes) is 1. The summed E-state index contributed by atoms with van der Waals surface area (Å²) in [5.74, 6) is 2.22. The Morgan fingerprint density at radius 3 is 2.85 bits per heavy atom. The molecule has 0 bridgehead atoms. The average molecular weight is 280 g/mol. The van der Waals surface area contributed by atoms with Crippen molar-refractivity contribution in [3.05, 3.63) is 17.7 Å². The standard InChI is InChI=1S/C15H24N2O3/c1-17(2)7-5-4-6-16-10-12-8-13(18-3)15-14(9-12)19-11-20-15/h8-9,16H,4-7,10-11H2,1-3H3. The van der Waals surface area contributed by atoms with Crippen LogP contribution >= 0.6 is 0 Å². The van der Waals surface area contributed by atoms with Crippen molar-refractivity contribution < 1.29 is 14.2 Å². The maximum absolute atomic E-state index is 5.42. The number of ether oxygens (including phenoxy) is 3. The molecule has 5 nitrogen and oxygen atoms in total. The molecule has 0 radical (unpaired) electrons. The first kappa shape index (κ1) is 14.9. The molecule has 0 atom stereocenters. The van der Waals surface area contributed by atoms with Gasteiger partial charge in [0.05, 0.1) is 7.11 Å². The summed E-state index contributed by atoms with van der Waals surface area (Å²) in [5.41, 5.74) is 1.15. The van der Waals surface area contributed by atoms with Crippen LogP contribution in [0.5, 0.6) is 17.2 Å². The molecule has 1 N–H and O–H groups in total. The Morgan fingerprint density at radius 1 is 1.25 bits per heavy atom. The fourth-order valence-electron chi connectivity index (χ4n) is 2.20. The molecule has 0 saturated heterocycles. The molecule has 0 spiro atoms. The van der Waals surface area contributed by atoms with E-state index < -0.39 is 0 Å². The smallest absolute Gasteiger partial charge is 0.231 e. The molecule has 1 aromatic rings. The number of benzene rings is 1. The maximum atomic E-state index is 5.42. The summed E-state index contributed by atoms with van der Waals surface area (Å²) in [4.78, 5) is 2.21. The van der Waals surface area contributed by atoms with Crippen molar-refractivity contribution in [2.75, 3.05) is 41.1 Å². The Bertz CT molecular complexity index is 435. The van der Waals surface area contributed by atoms with E-state index in [4.69, 9.17) is 14.2 Å². The molecule has 0 saturated carbocycles. The van der Waals surface area contributed by atoms with Crippen molar-refractivity contribution in [3.8, 4) is 17.2 Å². The number of nitrogens with one attached hydrogen (secondary N) is 1. The van der Waals surface area contributed by atoms with Crippen LogP contribution in [0.25, 0.3) is 0 Å². The minimum atomic E-state index is 0.271. The SMILES string of the molecule is COc1cc(CNCCCCN(C)C)cc2c1OCO2. The number of methoxy groups -OCH3 is 1. The zero-order valence-corrected chi connectivity index (χ0v) is 12.6. The predicted molar refractivity (Wildman–Crippen MR) is 78.6 cm³/mol. The Kier molecular flexibility index (Phi) is 5.49. The Balaban J connectivity index is 1.79. The van der Waals surface area contributed by atoms with Crippen LogP contribution in [0, 0.1) is 0 Å². The van der Waals surface area contributed by atoms with Crippen molar-refractivity contribution in [2.45, 2.75) is 19.4 Å². The lowest BCUT2D eigenvalue weighted by molar-refractivity contribution is 0.171. The quantitative estimate of drug-likeness (QED) is 0.736. The van der Waals surface area contributed by atoms with E-state index in [1.165, 1.54) is 12.8 Å². The summed E-state index contributed by atoms with van der Waals surface area (Å²) >= 11 is 0. The molecule has 0 aromatic heterocycles. The Morgan fingerprint density at radius 2 is 2.10 bits per heavy atom. The van der Waals surface area contributed by atoms with E-state index in [0.29, 0.717) is 5.75 Å². The van der Waals surface area contributed by atoms with Crippen LogP contribution in [-0.4, -0.2) is 46.0 Å². The van der Waals surface area contributed by atoms with Crippen molar-refractivity contribution >= 4 is 0 Å². The lowest BCUT2D eigenvalue weighted by atomic mass is 10.2. The van der Waals surface area contributed by atoms with E-state index in [0.717, 1.165) is 36.7 Å². The molecule has 1 aliphatic rings. The number of hydrogen-bond donors (Lipinski definition) is 1. The van der Waals surface area contributed by atoms with Gasteiger partial charge in [-0.25, -0.2) is 0 Å². The molecule has 1 aliphatic heterocycles. The second-order valence-electron chi connectivity index (χ2n) is 5.22. The summed E-state index contributed by atoms with van der Waals surface area (Å²) in [7, 11) is 5.86. The van der Waals surface area contributed by atoms with Crippen molar-refractivity contribution in [3.63, 3.8) is 0 Å². The first-order chi connectivity index (χ1) is 9.70. The summed E-state index contributed by atoms with van der Waals surface area (Å²) in [6.45, 7) is 3.24. The largest absolute Gasteiger partial charge is 0.493 e. The molecule has 20 heavy (non-hydrogen) atoms. The van der Waals surface area contributed by atoms with Crippen molar-refractivity contribution in [2.24, 2.45) is 0 Å². The first-order valence-corrected chi connectivity index (χ1v) is 7.02. The van der Waals surface area contributed by atoms with Gasteiger partial charge in [0.15, 0.2) is 11.5 Å². The van der Waals surface area contributed by atoms with Crippen molar-refractivity contribution in [1.29, 1.82) is 0 Å². The van der Waals surface area contributed by atoms with Crippen molar-refractivity contribution in [1.82, 2.24) is 10.2 Å². The lowest BCUT2D eigenvalue weighted by Crippen LogP contribution is -2.18. The molecule has 112 valence electrons. The second kappa shape index (κ2) is 7.36. The minimum absolute atomic E-state index is 0.271. The number of hydrogen-bond acceptors (Lipinski definition) is 5. The number of nitrogens with zero attached hydrogens (tertiary/aromatic N) is 1. The third-order valence-electron chi connectivity index (χ3n) is 3.26. The van der Waals surface area contributed by atoms with E-state index in [1.807, 2.05) is 12.1 Å². The van der Waals surface area contributed by atoms with Crippen LogP contribution in [0.1, 0.15) is 18.4 Å². The minimum Gasteiger partial charge on any atom is -0.493 e. The average Bonchev–Trinajstić information content (AvgIpc) is 2.89. The summed E-state index contributed by atoms with van der Waals surface area (Å²) in [5, 5.41) is 3.45. The fourth-order valence-corrected chi connectivity index (χ4v) is 2.20. The molecule has 1 heterocycles. The van der Waals surface area contributed by atoms with Gasteiger partial charge >= 0.3 is 0 Å². The van der Waals surface area contributed by atoms with Crippen LogP contribution < -0.4 is 19.5 Å². The van der Waals surface area contributed by atoms with Gasteiger partial charge in [0, 0.05) is 6.54 Å². The Hall–Kier alpha value is -1.46. The van der Waals surface area contributed by atoms with Crippen LogP contribution in [0.4, 0.5) is 0 Å². The molecular weight excluding hydrogens is 256 g/mol. The number of fused-ring (bicyclic) bond motifs is 1. The molecule has 5 heteroatoms. The zero-order valence-electron chi connectivity index (χ0n) is 12.6. The van der Waals surface area contributed by atoms with E-state index in [-0.39, 0.29) is 6.79 Å². The van der Waals surface area contributed by atoms with Crippen LogP contribution in [0.2, 0.25) is 0 Å². The summed E-state index contributed by atoms with van der Waals surface area (Å²) in [6, 6.07) is 4.01. The van der Waals surface area contributed by atoms with Gasteiger partial charge in [0.25, 0.3) is 0 Å². The van der Waals surface area contributed by atoms with Gasteiger partial charge in [-0.2, -0.15) is 0 Å².